The van der Waals surface area contributed by atoms with E-state index in [4.69, 9.17) is 16.3 Å². The molecule has 0 aliphatic rings. The van der Waals surface area contributed by atoms with Crippen LogP contribution in [0.25, 0.3) is 0 Å². The highest BCUT2D eigenvalue weighted by atomic mass is 35.5. The van der Waals surface area contributed by atoms with Crippen LogP contribution in [0.15, 0.2) is 18.2 Å². The maximum Gasteiger partial charge on any atom is 0.172 e. The molecule has 20 heavy (non-hydrogen) atoms. The van der Waals surface area contributed by atoms with Crippen LogP contribution >= 0.6 is 11.6 Å². The predicted octanol–water partition coefficient (Wildman–Crippen LogP) is 4.03. The lowest BCUT2D eigenvalue weighted by Gasteiger charge is -2.11. The summed E-state index contributed by atoms with van der Waals surface area (Å²) in [4.78, 5) is 8.46. The minimum absolute atomic E-state index is 0.218. The summed E-state index contributed by atoms with van der Waals surface area (Å²) >= 11 is 6.02. The summed E-state index contributed by atoms with van der Waals surface area (Å²) in [6, 6.07) is 4.59. The monoisotopic (exact) mass is 295 g/mol. The van der Waals surface area contributed by atoms with E-state index in [-0.39, 0.29) is 10.9 Å². The van der Waals surface area contributed by atoms with E-state index in [1.54, 1.807) is 19.1 Å². The summed E-state index contributed by atoms with van der Waals surface area (Å²) in [6.07, 6.45) is 0. The SMILES string of the molecule is CCOc1ccc(Nc2nc(C)c(C)nc2Cl)cc1F. The number of aromatic nitrogens is 2. The molecule has 1 heterocycles. The molecule has 0 radical (unpaired) electrons. The van der Waals surface area contributed by atoms with Gasteiger partial charge in [-0.05, 0) is 32.9 Å². The van der Waals surface area contributed by atoms with Crippen molar-refractivity contribution in [1.29, 1.82) is 0 Å². The van der Waals surface area contributed by atoms with Gasteiger partial charge in [-0.15, -0.1) is 0 Å². The van der Waals surface area contributed by atoms with E-state index >= 15 is 0 Å². The number of ether oxygens (including phenoxy) is 1. The van der Waals surface area contributed by atoms with Crippen molar-refractivity contribution in [2.75, 3.05) is 11.9 Å². The van der Waals surface area contributed by atoms with Gasteiger partial charge in [0, 0.05) is 11.8 Å². The summed E-state index contributed by atoms with van der Waals surface area (Å²) < 4.78 is 18.9. The molecule has 106 valence electrons. The second-order valence-corrected chi connectivity index (χ2v) is 4.60. The molecule has 2 aromatic rings. The molecule has 0 atom stereocenters. The predicted molar refractivity (Wildman–Crippen MR) is 77.4 cm³/mol. The molecule has 0 saturated carbocycles. The molecule has 0 unspecified atom stereocenters. The number of rotatable bonds is 4. The Morgan fingerprint density at radius 3 is 2.60 bits per heavy atom. The Hall–Kier alpha value is -1.88. The highest BCUT2D eigenvalue weighted by Gasteiger charge is 2.09. The lowest BCUT2D eigenvalue weighted by Crippen LogP contribution is -2.01. The van der Waals surface area contributed by atoms with Crippen molar-refractivity contribution in [3.63, 3.8) is 0 Å². The van der Waals surface area contributed by atoms with Gasteiger partial charge in [0.05, 0.1) is 18.0 Å². The lowest BCUT2D eigenvalue weighted by atomic mass is 10.3. The van der Waals surface area contributed by atoms with Gasteiger partial charge >= 0.3 is 0 Å². The van der Waals surface area contributed by atoms with Gasteiger partial charge < -0.3 is 10.1 Å². The molecule has 1 aromatic carbocycles. The molecule has 0 aliphatic carbocycles. The van der Waals surface area contributed by atoms with Crippen molar-refractivity contribution >= 4 is 23.1 Å². The standard InChI is InChI=1S/C14H15ClFN3O/c1-4-20-12-6-5-10(7-11(12)16)19-14-13(15)17-8(2)9(3)18-14/h5-7H,4H2,1-3H3,(H,18,19). The van der Waals surface area contributed by atoms with Gasteiger partial charge in [-0.25, -0.2) is 14.4 Å². The second kappa shape index (κ2) is 6.05. The van der Waals surface area contributed by atoms with Crippen molar-refractivity contribution in [3.8, 4) is 5.75 Å². The molecule has 0 bridgehead atoms. The normalized spacial score (nSPS) is 10.4. The van der Waals surface area contributed by atoms with E-state index < -0.39 is 5.82 Å². The zero-order valence-corrected chi connectivity index (χ0v) is 12.3. The number of benzene rings is 1. The van der Waals surface area contributed by atoms with E-state index in [1.807, 2.05) is 13.8 Å². The maximum absolute atomic E-state index is 13.7. The first-order chi connectivity index (χ1) is 9.51. The molecule has 6 heteroatoms. The van der Waals surface area contributed by atoms with E-state index in [9.17, 15) is 4.39 Å². The Kier molecular flexibility index (Phi) is 4.39. The highest BCUT2D eigenvalue weighted by Crippen LogP contribution is 2.26. The third-order valence-corrected chi connectivity index (χ3v) is 3.02. The van der Waals surface area contributed by atoms with Crippen molar-refractivity contribution in [1.82, 2.24) is 9.97 Å². The van der Waals surface area contributed by atoms with Gasteiger partial charge in [0.15, 0.2) is 22.5 Å². The van der Waals surface area contributed by atoms with Gasteiger partial charge in [-0.3, -0.25) is 0 Å². The Morgan fingerprint density at radius 2 is 1.95 bits per heavy atom. The Bertz CT molecular complexity index is 634. The Morgan fingerprint density at radius 1 is 1.25 bits per heavy atom. The van der Waals surface area contributed by atoms with Crippen LogP contribution in [0, 0.1) is 19.7 Å². The first-order valence-electron chi connectivity index (χ1n) is 6.21. The van der Waals surface area contributed by atoms with Crippen LogP contribution in [0.5, 0.6) is 5.75 Å². The minimum Gasteiger partial charge on any atom is -0.491 e. The summed E-state index contributed by atoms with van der Waals surface area (Å²) in [5.41, 5.74) is 2.06. The van der Waals surface area contributed by atoms with Crippen molar-refractivity contribution in [3.05, 3.63) is 40.6 Å². The Balaban J connectivity index is 2.26. The summed E-state index contributed by atoms with van der Waals surface area (Å²) in [5.74, 6) is 0.179. The number of anilines is 2. The van der Waals surface area contributed by atoms with Crippen molar-refractivity contribution in [2.45, 2.75) is 20.8 Å². The van der Waals surface area contributed by atoms with E-state index in [1.165, 1.54) is 6.07 Å². The molecule has 0 aliphatic heterocycles. The smallest absolute Gasteiger partial charge is 0.172 e. The summed E-state index contributed by atoms with van der Waals surface area (Å²) in [6.45, 7) is 5.88. The Labute approximate surface area is 122 Å². The van der Waals surface area contributed by atoms with Gasteiger partial charge in [0.1, 0.15) is 0 Å². The highest BCUT2D eigenvalue weighted by molar-refractivity contribution is 6.31. The zero-order valence-electron chi connectivity index (χ0n) is 11.5. The third-order valence-electron chi connectivity index (χ3n) is 2.76. The molecule has 2 rings (SSSR count). The van der Waals surface area contributed by atoms with Crippen LogP contribution in [0.3, 0.4) is 0 Å². The molecule has 0 fully saturated rings. The molecule has 4 nitrogen and oxygen atoms in total. The number of halogens is 2. The van der Waals surface area contributed by atoms with E-state index in [0.717, 1.165) is 11.4 Å². The lowest BCUT2D eigenvalue weighted by molar-refractivity contribution is 0.321. The average molecular weight is 296 g/mol. The number of aryl methyl sites for hydroxylation is 2. The fourth-order valence-corrected chi connectivity index (χ4v) is 1.86. The van der Waals surface area contributed by atoms with Crippen LogP contribution in [0.4, 0.5) is 15.9 Å². The molecular formula is C14H15ClFN3O. The van der Waals surface area contributed by atoms with Gasteiger partial charge in [0.25, 0.3) is 0 Å². The summed E-state index contributed by atoms with van der Waals surface area (Å²) in [5, 5.41) is 3.20. The number of nitrogens with one attached hydrogen (secondary N) is 1. The van der Waals surface area contributed by atoms with Crippen LogP contribution in [-0.4, -0.2) is 16.6 Å². The van der Waals surface area contributed by atoms with Crippen LogP contribution in [0.1, 0.15) is 18.3 Å². The zero-order chi connectivity index (χ0) is 14.7. The van der Waals surface area contributed by atoms with E-state index in [2.05, 4.69) is 15.3 Å². The van der Waals surface area contributed by atoms with Crippen molar-refractivity contribution < 1.29 is 9.13 Å². The van der Waals surface area contributed by atoms with Gasteiger partial charge in [-0.2, -0.15) is 0 Å². The van der Waals surface area contributed by atoms with E-state index in [0.29, 0.717) is 18.1 Å². The number of hydrogen-bond acceptors (Lipinski definition) is 4. The second-order valence-electron chi connectivity index (χ2n) is 4.24. The topological polar surface area (TPSA) is 47.0 Å². The first-order valence-corrected chi connectivity index (χ1v) is 6.59. The quantitative estimate of drug-likeness (QED) is 0.925. The van der Waals surface area contributed by atoms with Gasteiger partial charge in [-0.1, -0.05) is 11.6 Å². The minimum atomic E-state index is -0.440. The molecule has 0 amide bonds. The van der Waals surface area contributed by atoms with Crippen LogP contribution in [-0.2, 0) is 0 Å². The molecule has 0 spiro atoms. The third kappa shape index (κ3) is 3.17. The fraction of sp³-hybridized carbons (Fsp3) is 0.286. The van der Waals surface area contributed by atoms with Gasteiger partial charge in [0.2, 0.25) is 0 Å². The average Bonchev–Trinajstić information content (AvgIpc) is 2.39. The fourth-order valence-electron chi connectivity index (χ4n) is 1.64. The van der Waals surface area contributed by atoms with Crippen LogP contribution < -0.4 is 10.1 Å². The van der Waals surface area contributed by atoms with Crippen molar-refractivity contribution in [2.24, 2.45) is 0 Å². The van der Waals surface area contributed by atoms with Crippen LogP contribution in [0.2, 0.25) is 5.15 Å². The first kappa shape index (κ1) is 14.5. The number of nitrogens with zero attached hydrogens (tertiary/aromatic N) is 2. The maximum atomic E-state index is 13.7. The molecule has 1 N–H and O–H groups in total. The number of hydrogen-bond donors (Lipinski definition) is 1. The molecule has 1 aromatic heterocycles. The molecule has 0 saturated heterocycles. The molecular weight excluding hydrogens is 281 g/mol. The largest absolute Gasteiger partial charge is 0.491 e. The summed E-state index contributed by atoms with van der Waals surface area (Å²) in [7, 11) is 0.